The van der Waals surface area contributed by atoms with E-state index in [0.29, 0.717) is 25.4 Å². The van der Waals surface area contributed by atoms with Crippen molar-refractivity contribution in [2.75, 3.05) is 19.7 Å². The molecule has 0 spiro atoms. The minimum Gasteiger partial charge on any atom is -0.375 e. The number of carbonyl (C=O) groups excluding carboxylic acids is 1. The van der Waals surface area contributed by atoms with Crippen LogP contribution in [0.4, 0.5) is 0 Å². The minimum atomic E-state index is 0.0370. The zero-order valence-electron chi connectivity index (χ0n) is 12.3. The fraction of sp³-hybridized carbons (Fsp3) is 0.467. The van der Waals surface area contributed by atoms with Crippen molar-refractivity contribution < 1.29 is 9.53 Å². The lowest BCUT2D eigenvalue weighted by Crippen LogP contribution is -2.45. The fourth-order valence-corrected chi connectivity index (χ4v) is 3.10. The number of morpholine rings is 1. The van der Waals surface area contributed by atoms with Crippen molar-refractivity contribution in [2.45, 2.75) is 26.4 Å². The van der Waals surface area contributed by atoms with E-state index in [9.17, 15) is 4.79 Å². The van der Waals surface area contributed by atoms with Crippen LogP contribution in [0.3, 0.4) is 0 Å². The molecule has 1 fully saturated rings. The Hall–Kier alpha value is -1.66. The van der Waals surface area contributed by atoms with E-state index >= 15 is 0 Å². The van der Waals surface area contributed by atoms with E-state index in [0.717, 1.165) is 22.7 Å². The smallest absolute Gasteiger partial charge is 0.270 e. The van der Waals surface area contributed by atoms with Crippen LogP contribution in [0.2, 0.25) is 0 Å². The number of ether oxygens (including phenoxy) is 1. The molecule has 6 heteroatoms. The van der Waals surface area contributed by atoms with Crippen molar-refractivity contribution in [2.24, 2.45) is 0 Å². The predicted octanol–water partition coefficient (Wildman–Crippen LogP) is 2.70. The van der Waals surface area contributed by atoms with E-state index in [4.69, 9.17) is 4.74 Å². The summed E-state index contributed by atoms with van der Waals surface area (Å²) in [5.41, 5.74) is 2.50. The Morgan fingerprint density at radius 2 is 2.48 bits per heavy atom. The molecular weight excluding hydrogens is 286 g/mol. The van der Waals surface area contributed by atoms with Gasteiger partial charge in [0.2, 0.25) is 0 Å². The number of aromatic nitrogens is 2. The van der Waals surface area contributed by atoms with Gasteiger partial charge in [-0.25, -0.2) is 4.98 Å². The summed E-state index contributed by atoms with van der Waals surface area (Å²) in [5.74, 6) is 0.0370. The molecule has 21 heavy (non-hydrogen) atoms. The van der Waals surface area contributed by atoms with Crippen molar-refractivity contribution in [1.82, 2.24) is 14.9 Å². The molecule has 112 valence electrons. The SMILES string of the molecule is CC[C@H]1CN(C(=O)c2cc(-c3csc(C)n3)c[nH]2)CCO1. The summed E-state index contributed by atoms with van der Waals surface area (Å²) in [6.07, 6.45) is 2.93. The molecule has 3 rings (SSSR count). The lowest BCUT2D eigenvalue weighted by Gasteiger charge is -2.32. The highest BCUT2D eigenvalue weighted by Crippen LogP contribution is 2.23. The van der Waals surface area contributed by atoms with Gasteiger partial charge >= 0.3 is 0 Å². The normalized spacial score (nSPS) is 19.0. The first kappa shape index (κ1) is 14.3. The maximum Gasteiger partial charge on any atom is 0.270 e. The van der Waals surface area contributed by atoms with Gasteiger partial charge < -0.3 is 14.6 Å². The molecule has 5 nitrogen and oxygen atoms in total. The molecule has 0 unspecified atom stereocenters. The second-order valence-electron chi connectivity index (χ2n) is 5.21. The first-order valence-corrected chi connectivity index (χ1v) is 8.07. The number of hydrogen-bond donors (Lipinski definition) is 1. The molecule has 2 aromatic rings. The van der Waals surface area contributed by atoms with Crippen LogP contribution in [0.1, 0.15) is 28.8 Å². The van der Waals surface area contributed by atoms with Crippen LogP contribution in [0.5, 0.6) is 0 Å². The summed E-state index contributed by atoms with van der Waals surface area (Å²) in [5, 5.41) is 3.03. The van der Waals surface area contributed by atoms with Crippen LogP contribution in [0, 0.1) is 6.92 Å². The van der Waals surface area contributed by atoms with Crippen LogP contribution in [-0.4, -0.2) is 46.6 Å². The van der Waals surface area contributed by atoms with Gasteiger partial charge in [-0.1, -0.05) is 6.92 Å². The van der Waals surface area contributed by atoms with Crippen LogP contribution >= 0.6 is 11.3 Å². The van der Waals surface area contributed by atoms with Crippen LogP contribution in [0.25, 0.3) is 11.3 Å². The predicted molar refractivity (Wildman–Crippen MR) is 82.6 cm³/mol. The molecular formula is C15H19N3O2S. The third-order valence-electron chi connectivity index (χ3n) is 3.71. The highest BCUT2D eigenvalue weighted by atomic mass is 32.1. The molecule has 1 saturated heterocycles. The summed E-state index contributed by atoms with van der Waals surface area (Å²) in [4.78, 5) is 21.9. The van der Waals surface area contributed by atoms with Crippen molar-refractivity contribution in [3.05, 3.63) is 28.3 Å². The Morgan fingerprint density at radius 1 is 1.62 bits per heavy atom. The van der Waals surface area contributed by atoms with Crippen LogP contribution < -0.4 is 0 Å². The van der Waals surface area contributed by atoms with E-state index < -0.39 is 0 Å². The van der Waals surface area contributed by atoms with Gasteiger partial charge in [0.25, 0.3) is 5.91 Å². The zero-order valence-corrected chi connectivity index (χ0v) is 13.1. The summed E-state index contributed by atoms with van der Waals surface area (Å²) in [6, 6.07) is 1.88. The third-order valence-corrected chi connectivity index (χ3v) is 4.48. The first-order valence-electron chi connectivity index (χ1n) is 7.19. The number of aryl methyl sites for hydroxylation is 1. The minimum absolute atomic E-state index is 0.0370. The number of nitrogens with zero attached hydrogens (tertiary/aromatic N) is 2. The van der Waals surface area contributed by atoms with Crippen molar-refractivity contribution >= 4 is 17.2 Å². The van der Waals surface area contributed by atoms with Gasteiger partial charge in [-0.3, -0.25) is 4.79 Å². The van der Waals surface area contributed by atoms with E-state index in [-0.39, 0.29) is 12.0 Å². The van der Waals surface area contributed by atoms with Gasteiger partial charge in [-0.15, -0.1) is 11.3 Å². The van der Waals surface area contributed by atoms with E-state index in [2.05, 4.69) is 16.9 Å². The largest absolute Gasteiger partial charge is 0.375 e. The molecule has 0 aromatic carbocycles. The number of thiazole rings is 1. The third kappa shape index (κ3) is 3.01. The Labute approximate surface area is 128 Å². The summed E-state index contributed by atoms with van der Waals surface area (Å²) >= 11 is 1.61. The topological polar surface area (TPSA) is 58.2 Å². The lowest BCUT2D eigenvalue weighted by atomic mass is 10.2. The Morgan fingerprint density at radius 3 is 3.19 bits per heavy atom. The fourth-order valence-electron chi connectivity index (χ4n) is 2.48. The van der Waals surface area contributed by atoms with Crippen molar-refractivity contribution in [3.63, 3.8) is 0 Å². The second-order valence-corrected chi connectivity index (χ2v) is 6.27. The quantitative estimate of drug-likeness (QED) is 0.948. The van der Waals surface area contributed by atoms with Gasteiger partial charge in [-0.05, 0) is 19.4 Å². The molecule has 2 aromatic heterocycles. The molecule has 1 aliphatic rings. The molecule has 1 N–H and O–H groups in total. The Bertz CT molecular complexity index is 634. The summed E-state index contributed by atoms with van der Waals surface area (Å²) < 4.78 is 5.61. The first-order chi connectivity index (χ1) is 10.2. The van der Waals surface area contributed by atoms with Gasteiger partial charge in [0.15, 0.2) is 0 Å². The van der Waals surface area contributed by atoms with Crippen molar-refractivity contribution in [1.29, 1.82) is 0 Å². The van der Waals surface area contributed by atoms with Crippen LogP contribution in [-0.2, 0) is 4.74 Å². The Kier molecular flexibility index (Phi) is 4.07. The molecule has 0 bridgehead atoms. The standard InChI is InChI=1S/C15H19N3O2S/c1-3-12-8-18(4-5-20-12)15(19)13-6-11(7-16-13)14-9-21-10(2)17-14/h6-7,9,12,16H,3-5,8H2,1-2H3/t12-/m0/s1. The Balaban J connectivity index is 1.75. The van der Waals surface area contributed by atoms with Crippen molar-refractivity contribution in [3.8, 4) is 11.3 Å². The highest BCUT2D eigenvalue weighted by molar-refractivity contribution is 7.09. The highest BCUT2D eigenvalue weighted by Gasteiger charge is 2.25. The molecule has 1 atom stereocenters. The van der Waals surface area contributed by atoms with Gasteiger partial charge in [-0.2, -0.15) is 0 Å². The molecule has 3 heterocycles. The number of amides is 1. The van der Waals surface area contributed by atoms with Gasteiger partial charge in [0.1, 0.15) is 5.69 Å². The number of aromatic amines is 1. The average molecular weight is 305 g/mol. The maximum atomic E-state index is 12.5. The summed E-state index contributed by atoms with van der Waals surface area (Å²) in [7, 11) is 0. The lowest BCUT2D eigenvalue weighted by molar-refractivity contribution is -0.0227. The van der Waals surface area contributed by atoms with Gasteiger partial charge in [0, 0.05) is 30.2 Å². The number of hydrogen-bond acceptors (Lipinski definition) is 4. The molecule has 1 amide bonds. The number of nitrogens with one attached hydrogen (secondary N) is 1. The molecule has 1 aliphatic heterocycles. The number of H-pyrrole nitrogens is 1. The molecule has 0 saturated carbocycles. The van der Waals surface area contributed by atoms with E-state index in [1.54, 1.807) is 11.3 Å². The second kappa shape index (κ2) is 5.99. The van der Waals surface area contributed by atoms with E-state index in [1.165, 1.54) is 0 Å². The van der Waals surface area contributed by atoms with E-state index in [1.807, 2.05) is 29.5 Å². The molecule has 0 radical (unpaired) electrons. The summed E-state index contributed by atoms with van der Waals surface area (Å²) in [6.45, 7) is 5.99. The van der Waals surface area contributed by atoms with Gasteiger partial charge in [0.05, 0.1) is 23.4 Å². The molecule has 0 aliphatic carbocycles. The average Bonchev–Trinajstić information content (AvgIpc) is 3.15. The zero-order chi connectivity index (χ0) is 14.8. The monoisotopic (exact) mass is 305 g/mol. The number of carbonyl (C=O) groups is 1. The van der Waals surface area contributed by atoms with Crippen LogP contribution in [0.15, 0.2) is 17.6 Å². The number of rotatable bonds is 3. The maximum absolute atomic E-state index is 12.5.